The second-order valence-corrected chi connectivity index (χ2v) is 9.39. The molecule has 0 spiro atoms. The van der Waals surface area contributed by atoms with Crippen LogP contribution in [0.25, 0.3) is 10.9 Å². The summed E-state index contributed by atoms with van der Waals surface area (Å²) in [5.41, 5.74) is 1.60. The fraction of sp³-hybridized carbons (Fsp3) is 0.217. The number of fused-ring (bicyclic) bond motifs is 1. The van der Waals surface area contributed by atoms with E-state index < -0.39 is 21.8 Å². The Morgan fingerprint density at radius 2 is 1.88 bits per heavy atom. The molecule has 0 aliphatic carbocycles. The predicted molar refractivity (Wildman–Crippen MR) is 116 cm³/mol. The number of ether oxygens (including phenoxy) is 1. The monoisotopic (exact) mass is 455 g/mol. The Morgan fingerprint density at radius 3 is 2.56 bits per heavy atom. The van der Waals surface area contributed by atoms with E-state index in [9.17, 15) is 17.6 Å². The lowest BCUT2D eigenvalue weighted by atomic mass is 10.1. The molecule has 1 unspecified atom stereocenters. The van der Waals surface area contributed by atoms with E-state index in [4.69, 9.17) is 4.74 Å². The average Bonchev–Trinajstić information content (AvgIpc) is 3.30. The number of esters is 1. The number of rotatable bonds is 6. The molecule has 0 aliphatic heterocycles. The van der Waals surface area contributed by atoms with Crippen molar-refractivity contribution in [3.63, 3.8) is 0 Å². The van der Waals surface area contributed by atoms with Crippen LogP contribution in [-0.2, 0) is 32.8 Å². The summed E-state index contributed by atoms with van der Waals surface area (Å²) in [4.78, 5) is 17.3. The number of sulfone groups is 1. The van der Waals surface area contributed by atoms with Gasteiger partial charge in [-0.15, -0.1) is 0 Å². The first kappa shape index (κ1) is 21.8. The van der Waals surface area contributed by atoms with E-state index in [2.05, 4.69) is 4.98 Å². The van der Waals surface area contributed by atoms with Crippen molar-refractivity contribution in [1.82, 2.24) is 14.1 Å². The summed E-state index contributed by atoms with van der Waals surface area (Å²) in [6.45, 7) is 1.80. The number of benzene rings is 2. The first-order valence-electron chi connectivity index (χ1n) is 9.89. The van der Waals surface area contributed by atoms with E-state index in [-0.39, 0.29) is 27.9 Å². The van der Waals surface area contributed by atoms with E-state index in [1.807, 2.05) is 0 Å². The van der Waals surface area contributed by atoms with Crippen LogP contribution in [0.4, 0.5) is 4.39 Å². The molecule has 1 atom stereocenters. The molecule has 9 heteroatoms. The zero-order chi connectivity index (χ0) is 23.0. The van der Waals surface area contributed by atoms with E-state index in [0.717, 1.165) is 0 Å². The van der Waals surface area contributed by atoms with Crippen LogP contribution in [0, 0.1) is 12.7 Å². The average molecular weight is 456 g/mol. The van der Waals surface area contributed by atoms with Crippen LogP contribution in [0.5, 0.6) is 0 Å². The molecule has 4 rings (SSSR count). The highest BCUT2D eigenvalue weighted by molar-refractivity contribution is 7.91. The van der Waals surface area contributed by atoms with Gasteiger partial charge in [-0.1, -0.05) is 18.2 Å². The maximum absolute atomic E-state index is 13.7. The minimum Gasteiger partial charge on any atom is -0.467 e. The number of halogens is 1. The zero-order valence-electron chi connectivity index (χ0n) is 17.8. The lowest BCUT2D eigenvalue weighted by Gasteiger charge is -2.20. The Morgan fingerprint density at radius 1 is 1.16 bits per heavy atom. The molecule has 0 radical (unpaired) electrons. The van der Waals surface area contributed by atoms with Gasteiger partial charge in [0, 0.05) is 30.1 Å². The Hall–Kier alpha value is -3.46. The molecule has 0 amide bonds. The van der Waals surface area contributed by atoms with Crippen LogP contribution in [0.15, 0.2) is 70.8 Å². The Balaban J connectivity index is 1.84. The molecule has 4 aromatic rings. The van der Waals surface area contributed by atoms with Gasteiger partial charge in [-0.05, 0) is 43.3 Å². The largest absolute Gasteiger partial charge is 0.467 e. The van der Waals surface area contributed by atoms with Gasteiger partial charge >= 0.3 is 5.97 Å². The molecule has 2 aromatic carbocycles. The summed E-state index contributed by atoms with van der Waals surface area (Å²) >= 11 is 0. The number of carbonyl (C=O) groups excluding carboxylic acids is 1. The molecule has 7 nitrogen and oxygen atoms in total. The first-order valence-corrected chi connectivity index (χ1v) is 11.4. The molecular formula is C23H22FN3O4S. The number of hydrogen-bond acceptors (Lipinski definition) is 5. The molecule has 0 bridgehead atoms. The summed E-state index contributed by atoms with van der Waals surface area (Å²) in [5.74, 6) is -0.936. The van der Waals surface area contributed by atoms with Crippen molar-refractivity contribution in [2.75, 3.05) is 7.11 Å². The van der Waals surface area contributed by atoms with Crippen LogP contribution in [-0.4, -0.2) is 35.6 Å². The van der Waals surface area contributed by atoms with Crippen molar-refractivity contribution in [2.24, 2.45) is 7.05 Å². The molecule has 166 valence electrons. The number of imidazole rings is 1. The standard InChI is InChI=1S/C23H22FN3O4S/c1-15-11-16-12-17(24)9-10-20(16)27(15)21(23(28)31-3)13-19-22(26(2)14-25-19)32(29,30)18-7-5-4-6-8-18/h4-12,14,21H,13H2,1-3H3. The third-order valence-corrected chi connectivity index (χ3v) is 7.35. The molecule has 0 N–H and O–H groups in total. The molecule has 2 heterocycles. The van der Waals surface area contributed by atoms with Gasteiger partial charge in [0.1, 0.15) is 11.9 Å². The quantitative estimate of drug-likeness (QED) is 0.415. The SMILES string of the molecule is COC(=O)C(Cc1ncn(C)c1S(=O)(=O)c1ccccc1)n1c(C)cc2cc(F)ccc21. The smallest absolute Gasteiger partial charge is 0.329 e. The molecule has 2 aromatic heterocycles. The fourth-order valence-electron chi connectivity index (χ4n) is 4.02. The van der Waals surface area contributed by atoms with Crippen molar-refractivity contribution in [2.45, 2.75) is 29.3 Å². The van der Waals surface area contributed by atoms with Crippen LogP contribution < -0.4 is 0 Å². The van der Waals surface area contributed by atoms with Gasteiger partial charge < -0.3 is 13.9 Å². The number of nitrogens with zero attached hydrogens (tertiary/aromatic N) is 3. The van der Waals surface area contributed by atoms with Crippen molar-refractivity contribution in [3.05, 3.63) is 78.1 Å². The van der Waals surface area contributed by atoms with Crippen molar-refractivity contribution in [1.29, 1.82) is 0 Å². The van der Waals surface area contributed by atoms with Gasteiger partial charge in [-0.2, -0.15) is 0 Å². The van der Waals surface area contributed by atoms with Gasteiger partial charge in [-0.3, -0.25) is 0 Å². The highest BCUT2D eigenvalue weighted by Crippen LogP contribution is 2.30. The minimum atomic E-state index is -3.87. The summed E-state index contributed by atoms with van der Waals surface area (Å²) < 4.78 is 48.6. The second kappa shape index (κ2) is 8.23. The van der Waals surface area contributed by atoms with Crippen LogP contribution in [0.1, 0.15) is 17.4 Å². The maximum Gasteiger partial charge on any atom is 0.329 e. The molecule has 0 saturated carbocycles. The predicted octanol–water partition coefficient (Wildman–Crippen LogP) is 3.61. The van der Waals surface area contributed by atoms with Crippen LogP contribution in [0.2, 0.25) is 0 Å². The fourth-order valence-corrected chi connectivity index (χ4v) is 5.63. The lowest BCUT2D eigenvalue weighted by molar-refractivity contribution is -0.144. The van der Waals surface area contributed by atoms with Gasteiger partial charge in [0.25, 0.3) is 0 Å². The molecule has 0 aliphatic rings. The minimum absolute atomic E-state index is 0.0118. The Bertz CT molecular complexity index is 1410. The molecule has 32 heavy (non-hydrogen) atoms. The number of hydrogen-bond donors (Lipinski definition) is 0. The maximum atomic E-state index is 13.7. The highest BCUT2D eigenvalue weighted by atomic mass is 32.2. The number of aromatic nitrogens is 3. The lowest BCUT2D eigenvalue weighted by Crippen LogP contribution is -2.25. The molecular weight excluding hydrogens is 433 g/mol. The summed E-state index contributed by atoms with van der Waals surface area (Å²) in [6, 6.07) is 13.2. The number of aryl methyl sites for hydroxylation is 2. The number of methoxy groups -OCH3 is 1. The van der Waals surface area contributed by atoms with E-state index in [0.29, 0.717) is 16.6 Å². The topological polar surface area (TPSA) is 83.2 Å². The zero-order valence-corrected chi connectivity index (χ0v) is 18.6. The summed E-state index contributed by atoms with van der Waals surface area (Å²) in [5, 5.41) is 0.646. The third kappa shape index (κ3) is 3.69. The van der Waals surface area contributed by atoms with Crippen molar-refractivity contribution >= 4 is 26.7 Å². The second-order valence-electron chi connectivity index (χ2n) is 7.53. The highest BCUT2D eigenvalue weighted by Gasteiger charge is 2.31. The van der Waals surface area contributed by atoms with E-state index >= 15 is 0 Å². The third-order valence-electron chi connectivity index (χ3n) is 5.43. The van der Waals surface area contributed by atoms with Crippen LogP contribution >= 0.6 is 0 Å². The molecule has 0 fully saturated rings. The van der Waals surface area contributed by atoms with E-state index in [1.54, 1.807) is 48.9 Å². The molecule has 0 saturated heterocycles. The van der Waals surface area contributed by atoms with Crippen molar-refractivity contribution < 1.29 is 22.3 Å². The van der Waals surface area contributed by atoms with Crippen molar-refractivity contribution in [3.8, 4) is 0 Å². The normalized spacial score (nSPS) is 12.8. The summed E-state index contributed by atoms with van der Waals surface area (Å²) in [6.07, 6.45) is 1.40. The number of carbonyl (C=O) groups is 1. The Kier molecular flexibility index (Phi) is 5.60. The summed E-state index contributed by atoms with van der Waals surface area (Å²) in [7, 11) is -1.00. The van der Waals surface area contributed by atoms with Gasteiger partial charge in [0.2, 0.25) is 9.84 Å². The first-order chi connectivity index (χ1) is 15.2. The van der Waals surface area contributed by atoms with Gasteiger partial charge in [0.05, 0.1) is 24.0 Å². The van der Waals surface area contributed by atoms with Gasteiger partial charge in [0.15, 0.2) is 5.03 Å². The van der Waals surface area contributed by atoms with Crippen LogP contribution in [0.3, 0.4) is 0 Å². The van der Waals surface area contributed by atoms with Gasteiger partial charge in [-0.25, -0.2) is 22.6 Å². The Labute approximate surface area is 185 Å². The van der Waals surface area contributed by atoms with E-state index in [1.165, 1.54) is 42.3 Å².